The molecule has 114 valence electrons. The summed E-state index contributed by atoms with van der Waals surface area (Å²) >= 11 is 0. The van der Waals surface area contributed by atoms with Gasteiger partial charge in [-0.2, -0.15) is 0 Å². The largest absolute Gasteiger partial charge is 0.314 e. The van der Waals surface area contributed by atoms with Crippen molar-refractivity contribution in [2.75, 3.05) is 17.0 Å². The van der Waals surface area contributed by atoms with Crippen LogP contribution >= 0.6 is 0 Å². The third kappa shape index (κ3) is 5.38. The lowest BCUT2D eigenvalue weighted by Gasteiger charge is -2.10. The lowest BCUT2D eigenvalue weighted by molar-refractivity contribution is 0.448. The van der Waals surface area contributed by atoms with Gasteiger partial charge in [0.15, 0.2) is 17.5 Å². The van der Waals surface area contributed by atoms with Crippen LogP contribution in [0.1, 0.15) is 20.3 Å². The summed E-state index contributed by atoms with van der Waals surface area (Å²) in [5.41, 5.74) is -0.335. The molecular formula is C12H17F3N2O2S. The van der Waals surface area contributed by atoms with Gasteiger partial charge in [-0.3, -0.25) is 4.72 Å². The molecule has 0 aliphatic heterocycles. The molecule has 20 heavy (non-hydrogen) atoms. The van der Waals surface area contributed by atoms with Crippen molar-refractivity contribution in [3.05, 3.63) is 29.6 Å². The number of rotatable bonds is 7. The fourth-order valence-electron chi connectivity index (χ4n) is 1.50. The van der Waals surface area contributed by atoms with Crippen LogP contribution in [0.5, 0.6) is 0 Å². The molecule has 0 aromatic heterocycles. The molecule has 0 spiro atoms. The molecule has 0 saturated carbocycles. The zero-order chi connectivity index (χ0) is 15.3. The van der Waals surface area contributed by atoms with Crippen LogP contribution in [-0.4, -0.2) is 26.8 Å². The first-order valence-electron chi connectivity index (χ1n) is 6.09. The molecule has 0 unspecified atom stereocenters. The maximum atomic E-state index is 13.0. The molecule has 0 aliphatic rings. The van der Waals surface area contributed by atoms with Crippen LogP contribution in [-0.2, 0) is 10.0 Å². The molecule has 1 rings (SSSR count). The number of anilines is 1. The molecule has 0 radical (unpaired) electrons. The monoisotopic (exact) mass is 310 g/mol. The summed E-state index contributed by atoms with van der Waals surface area (Å²) in [6.07, 6.45) is 0.347. The van der Waals surface area contributed by atoms with Gasteiger partial charge in [-0.25, -0.2) is 21.6 Å². The third-order valence-corrected chi connectivity index (χ3v) is 3.77. The van der Waals surface area contributed by atoms with E-state index >= 15 is 0 Å². The van der Waals surface area contributed by atoms with E-state index in [1.807, 2.05) is 18.6 Å². The fourth-order valence-corrected chi connectivity index (χ4v) is 2.60. The summed E-state index contributed by atoms with van der Waals surface area (Å²) in [5.74, 6) is -4.71. The molecule has 4 nitrogen and oxygen atoms in total. The van der Waals surface area contributed by atoms with E-state index in [0.29, 0.717) is 25.1 Å². The van der Waals surface area contributed by atoms with Crippen molar-refractivity contribution in [2.24, 2.45) is 0 Å². The number of nitrogens with one attached hydrogen (secondary N) is 2. The number of hydrogen-bond donors (Lipinski definition) is 2. The van der Waals surface area contributed by atoms with Crippen LogP contribution in [0.3, 0.4) is 0 Å². The normalized spacial score (nSPS) is 11.9. The first-order chi connectivity index (χ1) is 9.21. The Morgan fingerprint density at radius 1 is 1.15 bits per heavy atom. The summed E-state index contributed by atoms with van der Waals surface area (Å²) < 4.78 is 64.0. The topological polar surface area (TPSA) is 58.2 Å². The minimum absolute atomic E-state index is 0.201. The van der Waals surface area contributed by atoms with Crippen LogP contribution in [0.4, 0.5) is 18.9 Å². The summed E-state index contributed by atoms with van der Waals surface area (Å²) in [4.78, 5) is 0. The van der Waals surface area contributed by atoms with Crippen molar-refractivity contribution in [1.82, 2.24) is 5.32 Å². The molecule has 0 heterocycles. The molecule has 8 heteroatoms. The highest BCUT2D eigenvalue weighted by Gasteiger charge is 2.15. The second kappa shape index (κ2) is 6.94. The van der Waals surface area contributed by atoms with Gasteiger partial charge >= 0.3 is 0 Å². The fraction of sp³-hybridized carbons (Fsp3) is 0.500. The Morgan fingerprint density at radius 3 is 2.20 bits per heavy atom. The van der Waals surface area contributed by atoms with Crippen molar-refractivity contribution in [2.45, 2.75) is 26.3 Å². The van der Waals surface area contributed by atoms with Gasteiger partial charge in [0.25, 0.3) is 0 Å². The van der Waals surface area contributed by atoms with Crippen molar-refractivity contribution < 1.29 is 21.6 Å². The lowest BCUT2D eigenvalue weighted by Crippen LogP contribution is -2.26. The summed E-state index contributed by atoms with van der Waals surface area (Å²) in [7, 11) is -3.72. The zero-order valence-electron chi connectivity index (χ0n) is 11.2. The molecule has 1 aromatic rings. The van der Waals surface area contributed by atoms with Crippen molar-refractivity contribution in [3.8, 4) is 0 Å². The van der Waals surface area contributed by atoms with E-state index in [1.54, 1.807) is 0 Å². The van der Waals surface area contributed by atoms with Crippen LogP contribution in [0, 0.1) is 17.5 Å². The quantitative estimate of drug-likeness (QED) is 0.600. The van der Waals surface area contributed by atoms with E-state index in [-0.39, 0.29) is 17.5 Å². The SMILES string of the molecule is CC(C)NCCCS(=O)(=O)Nc1cc(F)c(F)c(F)c1. The van der Waals surface area contributed by atoms with Gasteiger partial charge in [-0.05, 0) is 13.0 Å². The minimum Gasteiger partial charge on any atom is -0.314 e. The molecule has 0 amide bonds. The Hall–Kier alpha value is -1.28. The van der Waals surface area contributed by atoms with Crippen LogP contribution in [0.25, 0.3) is 0 Å². The smallest absolute Gasteiger partial charge is 0.232 e. The van der Waals surface area contributed by atoms with Gasteiger partial charge in [-0.15, -0.1) is 0 Å². The van der Waals surface area contributed by atoms with E-state index in [0.717, 1.165) is 0 Å². The van der Waals surface area contributed by atoms with Gasteiger partial charge in [-0.1, -0.05) is 13.8 Å². The van der Waals surface area contributed by atoms with E-state index in [1.165, 1.54) is 0 Å². The predicted molar refractivity (Wildman–Crippen MR) is 71.5 cm³/mol. The van der Waals surface area contributed by atoms with E-state index in [9.17, 15) is 21.6 Å². The highest BCUT2D eigenvalue weighted by Crippen LogP contribution is 2.18. The number of benzene rings is 1. The first kappa shape index (κ1) is 16.8. The Bertz CT molecular complexity index is 539. The van der Waals surface area contributed by atoms with Crippen molar-refractivity contribution in [1.29, 1.82) is 0 Å². The van der Waals surface area contributed by atoms with E-state index < -0.39 is 27.5 Å². The van der Waals surface area contributed by atoms with E-state index in [4.69, 9.17) is 0 Å². The Kier molecular flexibility index (Phi) is 5.82. The third-order valence-electron chi connectivity index (χ3n) is 2.40. The van der Waals surface area contributed by atoms with Gasteiger partial charge < -0.3 is 5.32 Å². The highest BCUT2D eigenvalue weighted by molar-refractivity contribution is 7.92. The number of sulfonamides is 1. The minimum atomic E-state index is -3.72. The van der Waals surface area contributed by atoms with Crippen molar-refractivity contribution >= 4 is 15.7 Å². The molecule has 2 N–H and O–H groups in total. The molecule has 0 aliphatic carbocycles. The van der Waals surface area contributed by atoms with Gasteiger partial charge in [0.2, 0.25) is 10.0 Å². The molecule has 0 fully saturated rings. The average Bonchev–Trinajstić information content (AvgIpc) is 2.31. The van der Waals surface area contributed by atoms with Gasteiger partial charge in [0.05, 0.1) is 11.4 Å². The Balaban J connectivity index is 2.62. The molecule has 0 atom stereocenters. The molecular weight excluding hydrogens is 293 g/mol. The second-order valence-electron chi connectivity index (χ2n) is 4.64. The summed E-state index contributed by atoms with van der Waals surface area (Å²) in [6.45, 7) is 4.36. The predicted octanol–water partition coefficient (Wildman–Crippen LogP) is 2.23. The maximum Gasteiger partial charge on any atom is 0.232 e. The van der Waals surface area contributed by atoms with Crippen molar-refractivity contribution in [3.63, 3.8) is 0 Å². The summed E-state index contributed by atoms with van der Waals surface area (Å²) in [6, 6.07) is 1.44. The van der Waals surface area contributed by atoms with Crippen LogP contribution in [0.2, 0.25) is 0 Å². The first-order valence-corrected chi connectivity index (χ1v) is 7.75. The summed E-state index contributed by atoms with van der Waals surface area (Å²) in [5, 5.41) is 3.05. The molecule has 1 aromatic carbocycles. The molecule has 0 saturated heterocycles. The number of halogens is 3. The second-order valence-corrected chi connectivity index (χ2v) is 6.48. The van der Waals surface area contributed by atoms with Gasteiger partial charge in [0.1, 0.15) is 0 Å². The molecule has 0 bridgehead atoms. The van der Waals surface area contributed by atoms with Crippen LogP contribution < -0.4 is 10.0 Å². The average molecular weight is 310 g/mol. The maximum absolute atomic E-state index is 13.0. The standard InChI is InChI=1S/C12H17F3N2O2S/c1-8(2)16-4-3-5-20(18,19)17-9-6-10(13)12(15)11(14)7-9/h6-8,16-17H,3-5H2,1-2H3. The van der Waals surface area contributed by atoms with Gasteiger partial charge in [0, 0.05) is 18.2 Å². The number of hydrogen-bond acceptors (Lipinski definition) is 3. The highest BCUT2D eigenvalue weighted by atomic mass is 32.2. The zero-order valence-corrected chi connectivity index (χ0v) is 12.0. The Morgan fingerprint density at radius 2 is 1.70 bits per heavy atom. The lowest BCUT2D eigenvalue weighted by atomic mass is 10.3. The van der Waals surface area contributed by atoms with E-state index in [2.05, 4.69) is 5.32 Å². The Labute approximate surface area is 116 Å². The van der Waals surface area contributed by atoms with Crippen LogP contribution in [0.15, 0.2) is 12.1 Å².